The fraction of sp³-hybridized carbons (Fsp3) is 0.421. The van der Waals surface area contributed by atoms with Crippen molar-refractivity contribution in [1.82, 2.24) is 29.8 Å². The molecule has 1 atom stereocenters. The normalized spacial score (nSPS) is 17.1. The van der Waals surface area contributed by atoms with Crippen molar-refractivity contribution >= 4 is 28.8 Å². The van der Waals surface area contributed by atoms with Gasteiger partial charge >= 0.3 is 0 Å². The molecule has 4 rings (SSSR count). The van der Waals surface area contributed by atoms with E-state index >= 15 is 0 Å². The first-order valence-electron chi connectivity index (χ1n) is 9.40. The molecule has 1 saturated heterocycles. The number of carbonyl (C=O) groups is 2. The molecular formula is C19H22N6O2S. The summed E-state index contributed by atoms with van der Waals surface area (Å²) >= 11 is 1.49. The third-order valence-electron chi connectivity index (χ3n) is 4.98. The van der Waals surface area contributed by atoms with E-state index in [0.29, 0.717) is 30.0 Å². The second kappa shape index (κ2) is 7.67. The van der Waals surface area contributed by atoms with E-state index in [4.69, 9.17) is 0 Å². The van der Waals surface area contributed by atoms with Crippen LogP contribution in [0.15, 0.2) is 23.8 Å². The highest BCUT2D eigenvalue weighted by Gasteiger charge is 2.28. The summed E-state index contributed by atoms with van der Waals surface area (Å²) in [5.74, 6) is -0.0748. The van der Waals surface area contributed by atoms with Gasteiger partial charge in [-0.1, -0.05) is 0 Å². The number of fused-ring (bicyclic) bond motifs is 1. The van der Waals surface area contributed by atoms with Gasteiger partial charge in [0.2, 0.25) is 0 Å². The van der Waals surface area contributed by atoms with E-state index in [9.17, 15) is 9.59 Å². The molecule has 0 radical (unpaired) electrons. The number of hydrogen-bond acceptors (Lipinski definition) is 6. The van der Waals surface area contributed by atoms with Crippen LogP contribution in [0.1, 0.15) is 57.2 Å². The van der Waals surface area contributed by atoms with Crippen molar-refractivity contribution in [1.29, 1.82) is 0 Å². The van der Waals surface area contributed by atoms with Gasteiger partial charge in [-0.05, 0) is 32.8 Å². The second-order valence-electron chi connectivity index (χ2n) is 6.86. The van der Waals surface area contributed by atoms with Gasteiger partial charge in [0.05, 0.1) is 16.9 Å². The highest BCUT2D eigenvalue weighted by atomic mass is 32.1. The Morgan fingerprint density at radius 2 is 2.25 bits per heavy atom. The van der Waals surface area contributed by atoms with Gasteiger partial charge in [-0.2, -0.15) is 5.10 Å². The number of nitrogens with one attached hydrogen (secondary N) is 1. The molecule has 2 amide bonds. The molecule has 1 unspecified atom stereocenters. The number of rotatable bonds is 4. The lowest BCUT2D eigenvalue weighted by molar-refractivity contribution is 0.0699. The minimum absolute atomic E-state index is 0.0252. The zero-order valence-corrected chi connectivity index (χ0v) is 16.7. The maximum Gasteiger partial charge on any atom is 0.273 e. The van der Waals surface area contributed by atoms with Gasteiger partial charge in [0, 0.05) is 37.1 Å². The first kappa shape index (κ1) is 18.5. The summed E-state index contributed by atoms with van der Waals surface area (Å²) in [7, 11) is 0. The zero-order valence-electron chi connectivity index (χ0n) is 15.9. The van der Waals surface area contributed by atoms with Gasteiger partial charge in [-0.3, -0.25) is 9.59 Å². The Labute approximate surface area is 166 Å². The van der Waals surface area contributed by atoms with Crippen molar-refractivity contribution in [3.05, 3.63) is 45.8 Å². The summed E-state index contributed by atoms with van der Waals surface area (Å²) in [6.07, 6.45) is 5.13. The van der Waals surface area contributed by atoms with Crippen molar-refractivity contribution < 1.29 is 9.59 Å². The first-order valence-corrected chi connectivity index (χ1v) is 10.3. The van der Waals surface area contributed by atoms with Crippen LogP contribution in [0.5, 0.6) is 0 Å². The third-order valence-corrected chi connectivity index (χ3v) is 5.75. The highest BCUT2D eigenvalue weighted by Crippen LogP contribution is 2.28. The Hall–Kier alpha value is -2.81. The first-order chi connectivity index (χ1) is 13.6. The SMILES string of the molecule is CCNC(=O)c1cnn2c(C3CCCN(C(=O)c4csc(C)n4)C3)ccnc12. The molecule has 3 aromatic rings. The van der Waals surface area contributed by atoms with Gasteiger partial charge < -0.3 is 10.2 Å². The van der Waals surface area contributed by atoms with Gasteiger partial charge in [0.1, 0.15) is 11.3 Å². The summed E-state index contributed by atoms with van der Waals surface area (Å²) in [6.45, 7) is 5.65. The number of aryl methyl sites for hydroxylation is 1. The van der Waals surface area contributed by atoms with Crippen LogP contribution in [-0.2, 0) is 0 Å². The van der Waals surface area contributed by atoms with Crippen LogP contribution in [0.3, 0.4) is 0 Å². The van der Waals surface area contributed by atoms with Crippen molar-refractivity contribution in [3.8, 4) is 0 Å². The van der Waals surface area contributed by atoms with E-state index in [1.54, 1.807) is 16.9 Å². The second-order valence-corrected chi connectivity index (χ2v) is 7.93. The third kappa shape index (κ3) is 3.37. The molecule has 1 N–H and O–H groups in total. The Morgan fingerprint density at radius 3 is 3.00 bits per heavy atom. The number of hydrogen-bond donors (Lipinski definition) is 1. The Balaban J connectivity index is 1.61. The smallest absolute Gasteiger partial charge is 0.273 e. The molecule has 0 aliphatic carbocycles. The van der Waals surface area contributed by atoms with Gasteiger partial charge in [-0.25, -0.2) is 14.5 Å². The summed E-state index contributed by atoms with van der Waals surface area (Å²) in [4.78, 5) is 35.6. The predicted molar refractivity (Wildman–Crippen MR) is 106 cm³/mol. The number of nitrogens with zero attached hydrogens (tertiary/aromatic N) is 5. The van der Waals surface area contributed by atoms with E-state index < -0.39 is 0 Å². The van der Waals surface area contributed by atoms with E-state index in [1.165, 1.54) is 11.3 Å². The molecule has 0 aromatic carbocycles. The quantitative estimate of drug-likeness (QED) is 0.728. The average molecular weight is 398 g/mol. The number of carbonyl (C=O) groups excluding carboxylic acids is 2. The minimum Gasteiger partial charge on any atom is -0.352 e. The van der Waals surface area contributed by atoms with Gasteiger partial charge in [0.15, 0.2) is 5.65 Å². The fourth-order valence-electron chi connectivity index (χ4n) is 3.66. The molecular weight excluding hydrogens is 376 g/mol. The number of piperidine rings is 1. The van der Waals surface area contributed by atoms with Crippen LogP contribution in [0, 0.1) is 6.92 Å². The van der Waals surface area contributed by atoms with Gasteiger partial charge in [-0.15, -0.1) is 11.3 Å². The number of thiazole rings is 1. The molecule has 9 heteroatoms. The highest BCUT2D eigenvalue weighted by molar-refractivity contribution is 7.09. The predicted octanol–water partition coefficient (Wildman–Crippen LogP) is 2.26. The van der Waals surface area contributed by atoms with Crippen LogP contribution in [0.25, 0.3) is 5.65 Å². The Kier molecular flexibility index (Phi) is 5.08. The van der Waals surface area contributed by atoms with Crippen molar-refractivity contribution in [3.63, 3.8) is 0 Å². The number of aromatic nitrogens is 4. The van der Waals surface area contributed by atoms with Gasteiger partial charge in [0.25, 0.3) is 11.8 Å². The standard InChI is InChI=1S/C19H22N6O2S/c1-3-20-18(26)14-9-22-25-16(6-7-21-17(14)25)13-5-4-8-24(10-13)19(27)15-11-28-12(2)23-15/h6-7,9,11,13H,3-5,8,10H2,1-2H3,(H,20,26). The molecule has 1 aliphatic rings. The van der Waals surface area contributed by atoms with Crippen molar-refractivity contribution in [2.24, 2.45) is 0 Å². The summed E-state index contributed by atoms with van der Waals surface area (Å²) in [6, 6.07) is 1.92. The molecule has 146 valence electrons. The van der Waals surface area contributed by atoms with E-state index in [0.717, 1.165) is 30.1 Å². The summed E-state index contributed by atoms with van der Waals surface area (Å²) in [5.41, 5.74) is 2.49. The molecule has 0 bridgehead atoms. The molecule has 28 heavy (non-hydrogen) atoms. The lowest BCUT2D eigenvalue weighted by Gasteiger charge is -2.32. The molecule has 3 aromatic heterocycles. The maximum absolute atomic E-state index is 12.8. The van der Waals surface area contributed by atoms with E-state index in [-0.39, 0.29) is 17.7 Å². The Bertz CT molecular complexity index is 1030. The van der Waals surface area contributed by atoms with Crippen molar-refractivity contribution in [2.75, 3.05) is 19.6 Å². The molecule has 0 spiro atoms. The fourth-order valence-corrected chi connectivity index (χ4v) is 4.25. The average Bonchev–Trinajstić information content (AvgIpc) is 3.34. The summed E-state index contributed by atoms with van der Waals surface area (Å²) < 4.78 is 1.73. The number of likely N-dealkylation sites (tertiary alicyclic amines) is 1. The monoisotopic (exact) mass is 398 g/mol. The molecule has 0 saturated carbocycles. The molecule has 1 aliphatic heterocycles. The zero-order chi connectivity index (χ0) is 19.7. The molecule has 4 heterocycles. The molecule has 1 fully saturated rings. The van der Waals surface area contributed by atoms with Crippen LogP contribution in [-0.4, -0.2) is 55.9 Å². The summed E-state index contributed by atoms with van der Waals surface area (Å²) in [5, 5.41) is 9.91. The lowest BCUT2D eigenvalue weighted by Crippen LogP contribution is -2.39. The largest absolute Gasteiger partial charge is 0.352 e. The van der Waals surface area contributed by atoms with Crippen molar-refractivity contribution in [2.45, 2.75) is 32.6 Å². The maximum atomic E-state index is 12.8. The van der Waals surface area contributed by atoms with Crippen LogP contribution < -0.4 is 5.32 Å². The lowest BCUT2D eigenvalue weighted by atomic mass is 9.94. The van der Waals surface area contributed by atoms with Crippen LogP contribution in [0.4, 0.5) is 0 Å². The van der Waals surface area contributed by atoms with E-state index in [1.807, 2.05) is 30.2 Å². The topological polar surface area (TPSA) is 92.5 Å². The minimum atomic E-state index is -0.179. The Morgan fingerprint density at radius 1 is 1.39 bits per heavy atom. The van der Waals surface area contributed by atoms with Crippen LogP contribution in [0.2, 0.25) is 0 Å². The molecule has 8 nitrogen and oxygen atoms in total. The van der Waals surface area contributed by atoms with Crippen LogP contribution >= 0.6 is 11.3 Å². The number of amides is 2. The van der Waals surface area contributed by atoms with E-state index in [2.05, 4.69) is 20.4 Å².